The molecule has 6 heteroatoms. The fraction of sp³-hybridized carbons (Fsp3) is 0.391. The number of rotatable bonds is 7. The molecule has 156 valence electrons. The van der Waals surface area contributed by atoms with E-state index in [4.69, 9.17) is 4.98 Å². The van der Waals surface area contributed by atoms with Crippen molar-refractivity contribution in [1.82, 2.24) is 9.88 Å². The molecule has 0 atom stereocenters. The molecule has 0 spiro atoms. The largest absolute Gasteiger partial charge is 0.308 e. The van der Waals surface area contributed by atoms with Crippen LogP contribution in [0.5, 0.6) is 0 Å². The second kappa shape index (κ2) is 10.2. The molecule has 1 amide bonds. The highest BCUT2D eigenvalue weighted by Gasteiger charge is 2.20. The molecule has 0 saturated carbocycles. The monoisotopic (exact) mass is 431 g/mol. The summed E-state index contributed by atoms with van der Waals surface area (Å²) in [5, 5.41) is 0.791. The van der Waals surface area contributed by atoms with Gasteiger partial charge in [0.05, 0.1) is 16.6 Å². The summed E-state index contributed by atoms with van der Waals surface area (Å²) in [7, 11) is 4.05. The minimum Gasteiger partial charge on any atom is -0.308 e. The number of amides is 1. The third kappa shape index (κ3) is 5.78. The molecule has 0 radical (unpaired) electrons. The number of hydrogen-bond acceptors (Lipinski definition) is 4. The Balaban J connectivity index is 0.00000300. The smallest absolute Gasteiger partial charge is 0.233 e. The van der Waals surface area contributed by atoms with Gasteiger partial charge in [0.25, 0.3) is 0 Å². The van der Waals surface area contributed by atoms with E-state index in [1.807, 2.05) is 19.0 Å². The van der Waals surface area contributed by atoms with Crippen molar-refractivity contribution in [2.75, 3.05) is 32.1 Å². The molecule has 2 aromatic carbocycles. The quantitative estimate of drug-likeness (QED) is 0.526. The van der Waals surface area contributed by atoms with Gasteiger partial charge in [-0.05, 0) is 68.8 Å². The number of thiazole rings is 1. The van der Waals surface area contributed by atoms with E-state index in [-0.39, 0.29) is 18.3 Å². The van der Waals surface area contributed by atoms with Crippen LogP contribution in [0.25, 0.3) is 10.2 Å². The van der Waals surface area contributed by atoms with Crippen molar-refractivity contribution in [1.29, 1.82) is 0 Å². The van der Waals surface area contributed by atoms with Crippen LogP contribution >= 0.6 is 23.7 Å². The number of fused-ring (bicyclic) bond motifs is 1. The molecule has 0 unspecified atom stereocenters. The Morgan fingerprint density at radius 1 is 1.00 bits per heavy atom. The van der Waals surface area contributed by atoms with Crippen LogP contribution in [0.4, 0.5) is 5.13 Å². The fourth-order valence-electron chi connectivity index (χ4n) is 3.10. The SMILES string of the molecule is CCc1ccc2nc(N(CCN(C)C)C(=O)Cc3ccc(C)c(C)c3)sc2c1.Cl. The van der Waals surface area contributed by atoms with E-state index in [2.05, 4.69) is 62.1 Å². The number of nitrogens with zero attached hydrogens (tertiary/aromatic N) is 3. The van der Waals surface area contributed by atoms with Gasteiger partial charge in [0.15, 0.2) is 5.13 Å². The maximum atomic E-state index is 13.2. The third-order valence-corrected chi connectivity index (χ3v) is 6.12. The van der Waals surface area contributed by atoms with Gasteiger partial charge in [-0.25, -0.2) is 4.98 Å². The summed E-state index contributed by atoms with van der Waals surface area (Å²) in [4.78, 5) is 21.9. The van der Waals surface area contributed by atoms with Gasteiger partial charge in [0.2, 0.25) is 5.91 Å². The Kier molecular flexibility index (Phi) is 8.20. The van der Waals surface area contributed by atoms with E-state index in [0.717, 1.165) is 33.9 Å². The van der Waals surface area contributed by atoms with Crippen molar-refractivity contribution in [3.63, 3.8) is 0 Å². The molecule has 1 aromatic heterocycles. The number of aryl methyl sites for hydroxylation is 3. The molecule has 0 saturated heterocycles. The lowest BCUT2D eigenvalue weighted by Crippen LogP contribution is -2.37. The average Bonchev–Trinajstić information content (AvgIpc) is 3.07. The zero-order chi connectivity index (χ0) is 20.3. The van der Waals surface area contributed by atoms with Crippen LogP contribution in [0, 0.1) is 13.8 Å². The average molecular weight is 432 g/mol. The summed E-state index contributed by atoms with van der Waals surface area (Å²) in [5.74, 6) is 0.0971. The number of halogens is 1. The molecule has 3 aromatic rings. The van der Waals surface area contributed by atoms with Crippen molar-refractivity contribution in [3.8, 4) is 0 Å². The van der Waals surface area contributed by atoms with Crippen LogP contribution < -0.4 is 4.90 Å². The maximum Gasteiger partial charge on any atom is 0.233 e. The molecule has 0 aliphatic heterocycles. The molecule has 0 aliphatic carbocycles. The number of carbonyl (C=O) groups is 1. The Morgan fingerprint density at radius 3 is 2.38 bits per heavy atom. The van der Waals surface area contributed by atoms with Gasteiger partial charge in [-0.3, -0.25) is 9.69 Å². The number of likely N-dealkylation sites (N-methyl/N-ethyl adjacent to an activating group) is 1. The molecule has 0 bridgehead atoms. The highest BCUT2D eigenvalue weighted by Crippen LogP contribution is 2.30. The standard InChI is InChI=1S/C23H29N3OS.ClH/c1-6-18-9-10-20-21(14-18)28-23(24-20)26(12-11-25(4)5)22(27)15-19-8-7-16(2)17(3)13-19;/h7-10,13-14H,6,11-12,15H2,1-5H3;1H. The van der Waals surface area contributed by atoms with E-state index in [1.54, 1.807) is 11.3 Å². The van der Waals surface area contributed by atoms with E-state index >= 15 is 0 Å². The maximum absolute atomic E-state index is 13.2. The van der Waals surface area contributed by atoms with E-state index in [1.165, 1.54) is 16.7 Å². The van der Waals surface area contributed by atoms with Gasteiger partial charge in [-0.1, -0.05) is 42.5 Å². The molecule has 29 heavy (non-hydrogen) atoms. The number of hydrogen-bond donors (Lipinski definition) is 0. The predicted molar refractivity (Wildman–Crippen MR) is 127 cm³/mol. The van der Waals surface area contributed by atoms with Crippen molar-refractivity contribution >= 4 is 45.0 Å². The molecule has 0 N–H and O–H groups in total. The summed E-state index contributed by atoms with van der Waals surface area (Å²) in [6, 6.07) is 12.6. The molecule has 4 nitrogen and oxygen atoms in total. The van der Waals surface area contributed by atoms with E-state index in [0.29, 0.717) is 13.0 Å². The first-order valence-corrected chi connectivity index (χ1v) is 10.6. The lowest BCUT2D eigenvalue weighted by molar-refractivity contribution is -0.118. The van der Waals surface area contributed by atoms with Crippen LogP contribution in [-0.2, 0) is 17.6 Å². The van der Waals surface area contributed by atoms with Crippen LogP contribution in [0.1, 0.15) is 29.2 Å². The Labute approximate surface area is 184 Å². The first kappa shape index (κ1) is 23.3. The summed E-state index contributed by atoms with van der Waals surface area (Å²) in [6.45, 7) is 7.77. The van der Waals surface area contributed by atoms with Gasteiger partial charge in [0, 0.05) is 13.1 Å². The lowest BCUT2D eigenvalue weighted by Gasteiger charge is -2.22. The number of aromatic nitrogens is 1. The number of carbonyl (C=O) groups excluding carboxylic acids is 1. The van der Waals surface area contributed by atoms with Crippen molar-refractivity contribution < 1.29 is 4.79 Å². The summed E-state index contributed by atoms with van der Waals surface area (Å²) >= 11 is 1.61. The molecule has 0 aliphatic rings. The second-order valence-electron chi connectivity index (χ2n) is 7.60. The highest BCUT2D eigenvalue weighted by molar-refractivity contribution is 7.22. The Bertz CT molecular complexity index is 983. The zero-order valence-corrected chi connectivity index (χ0v) is 19.5. The predicted octanol–water partition coefficient (Wildman–Crippen LogP) is 5.03. The molecular weight excluding hydrogens is 402 g/mol. The minimum absolute atomic E-state index is 0. The Hall–Kier alpha value is -1.95. The van der Waals surface area contributed by atoms with Crippen LogP contribution in [0.3, 0.4) is 0 Å². The van der Waals surface area contributed by atoms with Gasteiger partial charge in [-0.15, -0.1) is 12.4 Å². The topological polar surface area (TPSA) is 36.4 Å². The van der Waals surface area contributed by atoms with Crippen LogP contribution in [-0.4, -0.2) is 43.0 Å². The van der Waals surface area contributed by atoms with E-state index < -0.39 is 0 Å². The second-order valence-corrected chi connectivity index (χ2v) is 8.61. The first-order chi connectivity index (χ1) is 13.4. The summed E-state index contributed by atoms with van der Waals surface area (Å²) in [5.41, 5.74) is 5.78. The third-order valence-electron chi connectivity index (χ3n) is 5.08. The van der Waals surface area contributed by atoms with E-state index in [9.17, 15) is 4.79 Å². The fourth-order valence-corrected chi connectivity index (χ4v) is 4.18. The molecule has 1 heterocycles. The zero-order valence-electron chi connectivity index (χ0n) is 17.9. The van der Waals surface area contributed by atoms with Gasteiger partial charge in [0.1, 0.15) is 0 Å². The number of anilines is 1. The molecule has 3 rings (SSSR count). The van der Waals surface area contributed by atoms with Crippen molar-refractivity contribution in [3.05, 3.63) is 58.7 Å². The molecular formula is C23H30ClN3OS. The van der Waals surface area contributed by atoms with Crippen LogP contribution in [0.15, 0.2) is 36.4 Å². The minimum atomic E-state index is 0. The summed E-state index contributed by atoms with van der Waals surface area (Å²) in [6.07, 6.45) is 1.39. The van der Waals surface area contributed by atoms with Gasteiger partial charge >= 0.3 is 0 Å². The highest BCUT2D eigenvalue weighted by atomic mass is 35.5. The summed E-state index contributed by atoms with van der Waals surface area (Å²) < 4.78 is 1.14. The Morgan fingerprint density at radius 2 is 1.72 bits per heavy atom. The van der Waals surface area contributed by atoms with Crippen LogP contribution in [0.2, 0.25) is 0 Å². The van der Waals surface area contributed by atoms with Gasteiger partial charge in [-0.2, -0.15) is 0 Å². The van der Waals surface area contributed by atoms with Crippen molar-refractivity contribution in [2.24, 2.45) is 0 Å². The van der Waals surface area contributed by atoms with Crippen molar-refractivity contribution in [2.45, 2.75) is 33.6 Å². The van der Waals surface area contributed by atoms with Gasteiger partial charge < -0.3 is 4.90 Å². The molecule has 0 fully saturated rings. The lowest BCUT2D eigenvalue weighted by atomic mass is 10.0. The first-order valence-electron chi connectivity index (χ1n) is 9.78. The normalized spacial score (nSPS) is 11.0. The number of benzene rings is 2.